The van der Waals surface area contributed by atoms with E-state index in [4.69, 9.17) is 11.6 Å². The summed E-state index contributed by atoms with van der Waals surface area (Å²) < 4.78 is 28.9. The largest absolute Gasteiger partial charge is 0.352 e. The molecule has 41 heavy (non-hydrogen) atoms. The van der Waals surface area contributed by atoms with Gasteiger partial charge in [-0.05, 0) is 81.1 Å². The molecule has 7 nitrogen and oxygen atoms in total. The van der Waals surface area contributed by atoms with Crippen LogP contribution in [-0.4, -0.2) is 43.8 Å². The van der Waals surface area contributed by atoms with Crippen LogP contribution in [0, 0.1) is 13.8 Å². The van der Waals surface area contributed by atoms with Gasteiger partial charge in [-0.25, -0.2) is 8.42 Å². The maximum atomic E-state index is 14.1. The molecule has 0 heterocycles. The van der Waals surface area contributed by atoms with E-state index in [-0.39, 0.29) is 23.4 Å². The van der Waals surface area contributed by atoms with Crippen molar-refractivity contribution in [2.75, 3.05) is 10.8 Å². The minimum absolute atomic E-state index is 0.0179. The van der Waals surface area contributed by atoms with Crippen LogP contribution in [0.25, 0.3) is 0 Å². The van der Waals surface area contributed by atoms with Crippen molar-refractivity contribution in [2.24, 2.45) is 0 Å². The lowest BCUT2D eigenvalue weighted by Gasteiger charge is -2.33. The van der Waals surface area contributed by atoms with Crippen LogP contribution in [-0.2, 0) is 26.2 Å². The number of nitrogens with zero attached hydrogens (tertiary/aromatic N) is 2. The molecule has 0 saturated heterocycles. The summed E-state index contributed by atoms with van der Waals surface area (Å²) in [5, 5.41) is 3.53. The minimum atomic E-state index is -4.14. The lowest BCUT2D eigenvalue weighted by molar-refractivity contribution is -0.139. The normalized spacial score (nSPS) is 14.7. The van der Waals surface area contributed by atoms with Crippen molar-refractivity contribution in [3.8, 4) is 0 Å². The average molecular weight is 596 g/mol. The van der Waals surface area contributed by atoms with E-state index in [9.17, 15) is 18.0 Å². The Morgan fingerprint density at radius 2 is 1.59 bits per heavy atom. The predicted octanol–water partition coefficient (Wildman–Crippen LogP) is 6.02. The average Bonchev–Trinajstić information content (AvgIpc) is 2.95. The second-order valence-corrected chi connectivity index (χ2v) is 13.1. The van der Waals surface area contributed by atoms with E-state index in [0.717, 1.165) is 53.1 Å². The maximum Gasteiger partial charge on any atom is 0.264 e. The second-order valence-electron chi connectivity index (χ2n) is 10.8. The standard InChI is InChI=1S/C32H38ClN3O4S/c1-23-12-14-26(15-13-23)21-35(25(3)32(38)34-28-9-5-4-6-10-28)31(37)22-36(29-11-7-8-24(2)20-29)41(39,40)30-18-16-27(33)17-19-30/h7-8,11-20,25,28H,4-6,9-10,21-22H2,1-3H3,(H,34,38)/t25-/m0/s1. The first kappa shape index (κ1) is 30.6. The maximum absolute atomic E-state index is 14.1. The van der Waals surface area contributed by atoms with Crippen LogP contribution < -0.4 is 9.62 Å². The highest BCUT2D eigenvalue weighted by molar-refractivity contribution is 7.92. The summed E-state index contributed by atoms with van der Waals surface area (Å²) in [5.41, 5.74) is 3.14. The first-order valence-corrected chi connectivity index (χ1v) is 15.9. The molecule has 0 spiro atoms. The summed E-state index contributed by atoms with van der Waals surface area (Å²) in [5.74, 6) is -0.712. The van der Waals surface area contributed by atoms with E-state index in [1.54, 1.807) is 25.1 Å². The third-order valence-electron chi connectivity index (χ3n) is 7.56. The van der Waals surface area contributed by atoms with Crippen LogP contribution in [0.15, 0.2) is 77.7 Å². The number of carbonyl (C=O) groups is 2. The van der Waals surface area contributed by atoms with Gasteiger partial charge in [-0.3, -0.25) is 13.9 Å². The van der Waals surface area contributed by atoms with Crippen LogP contribution in [0.5, 0.6) is 0 Å². The first-order valence-electron chi connectivity index (χ1n) is 14.0. The van der Waals surface area contributed by atoms with Crippen molar-refractivity contribution < 1.29 is 18.0 Å². The topological polar surface area (TPSA) is 86.8 Å². The zero-order valence-corrected chi connectivity index (χ0v) is 25.4. The van der Waals surface area contributed by atoms with Crippen LogP contribution >= 0.6 is 11.6 Å². The summed E-state index contributed by atoms with van der Waals surface area (Å²) in [7, 11) is -4.14. The van der Waals surface area contributed by atoms with E-state index in [1.165, 1.54) is 29.2 Å². The lowest BCUT2D eigenvalue weighted by atomic mass is 9.95. The molecule has 0 aliphatic heterocycles. The third-order valence-corrected chi connectivity index (χ3v) is 9.60. The third kappa shape index (κ3) is 7.89. The van der Waals surface area contributed by atoms with Crippen LogP contribution in [0.3, 0.4) is 0 Å². The molecular formula is C32H38ClN3O4S. The number of anilines is 1. The Hall–Kier alpha value is -3.36. The number of amides is 2. The number of nitrogens with one attached hydrogen (secondary N) is 1. The van der Waals surface area contributed by atoms with Gasteiger partial charge in [0.15, 0.2) is 0 Å². The number of hydrogen-bond donors (Lipinski definition) is 1. The zero-order valence-electron chi connectivity index (χ0n) is 23.8. The number of halogens is 1. The molecule has 1 aliphatic rings. The fourth-order valence-corrected chi connectivity index (χ4v) is 6.62. The van der Waals surface area contributed by atoms with Crippen molar-refractivity contribution in [1.29, 1.82) is 0 Å². The Balaban J connectivity index is 1.67. The molecule has 1 saturated carbocycles. The van der Waals surface area contributed by atoms with Crippen LogP contribution in [0.1, 0.15) is 55.7 Å². The Kier molecular flexibility index (Phi) is 10.1. The molecule has 0 radical (unpaired) electrons. The van der Waals surface area contributed by atoms with E-state index in [0.29, 0.717) is 10.7 Å². The number of carbonyl (C=O) groups excluding carboxylic acids is 2. The van der Waals surface area contributed by atoms with Gasteiger partial charge in [0.1, 0.15) is 12.6 Å². The van der Waals surface area contributed by atoms with Gasteiger partial charge in [0.2, 0.25) is 11.8 Å². The van der Waals surface area contributed by atoms with Gasteiger partial charge in [-0.15, -0.1) is 0 Å². The minimum Gasteiger partial charge on any atom is -0.352 e. The number of sulfonamides is 1. The molecule has 1 fully saturated rings. The van der Waals surface area contributed by atoms with Gasteiger partial charge in [0, 0.05) is 17.6 Å². The first-order chi connectivity index (χ1) is 19.5. The van der Waals surface area contributed by atoms with Crippen molar-refractivity contribution in [2.45, 2.75) is 76.4 Å². The monoisotopic (exact) mass is 595 g/mol. The van der Waals surface area contributed by atoms with Crippen LogP contribution in [0.4, 0.5) is 5.69 Å². The molecule has 1 aliphatic carbocycles. The molecule has 9 heteroatoms. The molecular weight excluding hydrogens is 558 g/mol. The van der Waals surface area contributed by atoms with Gasteiger partial charge < -0.3 is 10.2 Å². The number of aryl methyl sites for hydroxylation is 2. The van der Waals surface area contributed by atoms with Crippen molar-refractivity contribution in [1.82, 2.24) is 10.2 Å². The smallest absolute Gasteiger partial charge is 0.264 e. The molecule has 4 rings (SSSR count). The molecule has 218 valence electrons. The Labute approximate surface area is 248 Å². The number of hydrogen-bond acceptors (Lipinski definition) is 4. The highest BCUT2D eigenvalue weighted by Crippen LogP contribution is 2.26. The highest BCUT2D eigenvalue weighted by atomic mass is 35.5. The van der Waals surface area contributed by atoms with E-state index in [2.05, 4.69) is 5.32 Å². The summed E-state index contributed by atoms with van der Waals surface area (Å²) in [6.07, 6.45) is 5.14. The quantitative estimate of drug-likeness (QED) is 0.311. The van der Waals surface area contributed by atoms with E-state index in [1.807, 2.05) is 44.2 Å². The van der Waals surface area contributed by atoms with Gasteiger partial charge >= 0.3 is 0 Å². The van der Waals surface area contributed by atoms with Gasteiger partial charge in [0.25, 0.3) is 10.0 Å². The SMILES string of the molecule is Cc1ccc(CN(C(=O)CN(c2cccc(C)c2)S(=O)(=O)c2ccc(Cl)cc2)[C@@H](C)C(=O)NC2CCCCC2)cc1. The lowest BCUT2D eigenvalue weighted by Crippen LogP contribution is -2.53. The highest BCUT2D eigenvalue weighted by Gasteiger charge is 2.33. The summed E-state index contributed by atoms with van der Waals surface area (Å²) in [4.78, 5) is 29.0. The zero-order chi connectivity index (χ0) is 29.6. The van der Waals surface area contributed by atoms with Gasteiger partial charge in [-0.1, -0.05) is 72.8 Å². The van der Waals surface area contributed by atoms with Gasteiger partial charge in [0.05, 0.1) is 10.6 Å². The Morgan fingerprint density at radius 1 is 0.927 bits per heavy atom. The van der Waals surface area contributed by atoms with Crippen molar-refractivity contribution in [3.05, 3.63) is 94.5 Å². The molecule has 1 N–H and O–H groups in total. The van der Waals surface area contributed by atoms with Crippen molar-refractivity contribution >= 4 is 39.1 Å². The Bertz CT molecular complexity index is 1450. The molecule has 3 aromatic rings. The number of benzene rings is 3. The molecule has 0 bridgehead atoms. The second kappa shape index (κ2) is 13.5. The van der Waals surface area contributed by atoms with Gasteiger partial charge in [-0.2, -0.15) is 0 Å². The van der Waals surface area contributed by atoms with Crippen molar-refractivity contribution in [3.63, 3.8) is 0 Å². The van der Waals surface area contributed by atoms with E-state index < -0.39 is 28.5 Å². The van der Waals surface area contributed by atoms with E-state index >= 15 is 0 Å². The predicted molar refractivity (Wildman–Crippen MR) is 163 cm³/mol. The molecule has 1 atom stereocenters. The van der Waals surface area contributed by atoms with Crippen LogP contribution in [0.2, 0.25) is 5.02 Å². The fourth-order valence-electron chi connectivity index (χ4n) is 5.09. The summed E-state index contributed by atoms with van der Waals surface area (Å²) in [6.45, 7) is 5.24. The molecule has 0 unspecified atom stereocenters. The summed E-state index contributed by atoms with van der Waals surface area (Å²) in [6, 6.07) is 19.9. The molecule has 3 aromatic carbocycles. The Morgan fingerprint density at radius 3 is 2.22 bits per heavy atom. The fraction of sp³-hybridized carbons (Fsp3) is 0.375. The molecule has 2 amide bonds. The summed E-state index contributed by atoms with van der Waals surface area (Å²) >= 11 is 6.02. The number of rotatable bonds is 10. The molecule has 0 aromatic heterocycles.